The smallest absolute Gasteiger partial charge is 0.124 e. The van der Waals surface area contributed by atoms with E-state index in [4.69, 9.17) is 4.74 Å². The summed E-state index contributed by atoms with van der Waals surface area (Å²) in [6.45, 7) is 4.47. The third-order valence-corrected chi connectivity index (χ3v) is 3.91. The molecule has 1 N–H and O–H groups in total. The van der Waals surface area contributed by atoms with Crippen molar-refractivity contribution in [1.29, 1.82) is 0 Å². The Morgan fingerprint density at radius 2 is 2.00 bits per heavy atom. The third kappa shape index (κ3) is 4.29. The molecule has 0 fully saturated rings. The molecule has 4 heteroatoms. The Morgan fingerprint density at radius 3 is 2.62 bits per heavy atom. The maximum absolute atomic E-state index is 13.3. The van der Waals surface area contributed by atoms with Crippen LogP contribution in [0.1, 0.15) is 29.7 Å². The molecule has 0 saturated heterocycles. The van der Waals surface area contributed by atoms with Crippen molar-refractivity contribution in [2.45, 2.75) is 26.5 Å². The topological polar surface area (TPSA) is 21.3 Å². The standard InChI is InChI=1S/C17H19BrFNO/c1-11-6-14(12(2)20-3)4-5-17(11)21-10-13-7-15(18)9-16(19)8-13/h4-9,12,20H,10H2,1-3H3. The summed E-state index contributed by atoms with van der Waals surface area (Å²) in [4.78, 5) is 0. The van der Waals surface area contributed by atoms with Crippen molar-refractivity contribution in [2.75, 3.05) is 7.05 Å². The maximum Gasteiger partial charge on any atom is 0.124 e. The Balaban J connectivity index is 2.09. The number of nitrogens with one attached hydrogen (secondary N) is 1. The monoisotopic (exact) mass is 351 g/mol. The van der Waals surface area contributed by atoms with Crippen LogP contribution >= 0.6 is 15.9 Å². The van der Waals surface area contributed by atoms with Gasteiger partial charge in [0.15, 0.2) is 0 Å². The summed E-state index contributed by atoms with van der Waals surface area (Å²) in [6, 6.07) is 11.2. The number of halogens is 2. The second kappa shape index (κ2) is 7.05. The SMILES string of the molecule is CNC(C)c1ccc(OCc2cc(F)cc(Br)c2)c(C)c1. The summed E-state index contributed by atoms with van der Waals surface area (Å²) < 4.78 is 19.8. The maximum atomic E-state index is 13.3. The van der Waals surface area contributed by atoms with Gasteiger partial charge in [0.05, 0.1) is 0 Å². The van der Waals surface area contributed by atoms with Crippen LogP contribution in [0.5, 0.6) is 5.75 Å². The van der Waals surface area contributed by atoms with Crippen LogP contribution in [0.25, 0.3) is 0 Å². The van der Waals surface area contributed by atoms with Gasteiger partial charge in [-0.3, -0.25) is 0 Å². The first-order valence-electron chi connectivity index (χ1n) is 6.85. The van der Waals surface area contributed by atoms with Crippen LogP contribution < -0.4 is 10.1 Å². The fraction of sp³-hybridized carbons (Fsp3) is 0.294. The van der Waals surface area contributed by atoms with Gasteiger partial charge in [-0.1, -0.05) is 28.1 Å². The zero-order valence-corrected chi connectivity index (χ0v) is 14.0. The second-order valence-electron chi connectivity index (χ2n) is 5.10. The zero-order chi connectivity index (χ0) is 15.4. The van der Waals surface area contributed by atoms with Crippen molar-refractivity contribution in [3.8, 4) is 5.75 Å². The number of benzene rings is 2. The summed E-state index contributed by atoms with van der Waals surface area (Å²) in [5.74, 6) is 0.556. The highest BCUT2D eigenvalue weighted by Gasteiger charge is 2.07. The number of ether oxygens (including phenoxy) is 1. The van der Waals surface area contributed by atoms with E-state index in [1.165, 1.54) is 17.7 Å². The minimum Gasteiger partial charge on any atom is -0.489 e. The molecule has 2 aromatic carbocycles. The quantitative estimate of drug-likeness (QED) is 0.838. The highest BCUT2D eigenvalue weighted by molar-refractivity contribution is 9.10. The molecule has 0 aliphatic rings. The van der Waals surface area contributed by atoms with Gasteiger partial charge < -0.3 is 10.1 Å². The Bertz CT molecular complexity index is 610. The highest BCUT2D eigenvalue weighted by Crippen LogP contribution is 2.24. The lowest BCUT2D eigenvalue weighted by atomic mass is 10.1. The lowest BCUT2D eigenvalue weighted by Gasteiger charge is -2.14. The molecule has 0 amide bonds. The van der Waals surface area contributed by atoms with Crippen molar-refractivity contribution in [2.24, 2.45) is 0 Å². The lowest BCUT2D eigenvalue weighted by molar-refractivity contribution is 0.303. The van der Waals surface area contributed by atoms with Gasteiger partial charge in [-0.15, -0.1) is 0 Å². The van der Waals surface area contributed by atoms with E-state index in [0.717, 1.165) is 21.3 Å². The van der Waals surface area contributed by atoms with Gasteiger partial charge in [0, 0.05) is 10.5 Å². The molecular formula is C17H19BrFNO. The first-order chi connectivity index (χ1) is 9.99. The molecule has 0 aliphatic carbocycles. The lowest BCUT2D eigenvalue weighted by Crippen LogP contribution is -2.12. The third-order valence-electron chi connectivity index (χ3n) is 3.45. The van der Waals surface area contributed by atoms with E-state index >= 15 is 0 Å². The van der Waals surface area contributed by atoms with Crippen LogP contribution in [0.2, 0.25) is 0 Å². The fourth-order valence-corrected chi connectivity index (χ4v) is 2.64. The highest BCUT2D eigenvalue weighted by atomic mass is 79.9. The molecule has 0 bridgehead atoms. The number of rotatable bonds is 5. The molecule has 0 aliphatic heterocycles. The Hall–Kier alpha value is -1.39. The van der Waals surface area contributed by atoms with Crippen molar-refractivity contribution in [1.82, 2.24) is 5.32 Å². The van der Waals surface area contributed by atoms with E-state index in [-0.39, 0.29) is 5.82 Å². The molecule has 2 aromatic rings. The first-order valence-corrected chi connectivity index (χ1v) is 7.64. The van der Waals surface area contributed by atoms with Gasteiger partial charge in [0.25, 0.3) is 0 Å². The molecule has 0 saturated carbocycles. The van der Waals surface area contributed by atoms with E-state index in [9.17, 15) is 4.39 Å². The minimum atomic E-state index is -0.266. The summed E-state index contributed by atoms with van der Waals surface area (Å²) in [6.07, 6.45) is 0. The molecular weight excluding hydrogens is 333 g/mol. The van der Waals surface area contributed by atoms with Crippen molar-refractivity contribution in [3.63, 3.8) is 0 Å². The zero-order valence-electron chi connectivity index (χ0n) is 12.4. The summed E-state index contributed by atoms with van der Waals surface area (Å²) in [5, 5.41) is 3.21. The summed E-state index contributed by atoms with van der Waals surface area (Å²) in [7, 11) is 1.94. The van der Waals surface area contributed by atoms with Gasteiger partial charge in [0.2, 0.25) is 0 Å². The van der Waals surface area contributed by atoms with E-state index in [1.54, 1.807) is 0 Å². The molecule has 0 heterocycles. The average molecular weight is 352 g/mol. The van der Waals surface area contributed by atoms with Gasteiger partial charge in [-0.2, -0.15) is 0 Å². The van der Waals surface area contributed by atoms with E-state index in [1.807, 2.05) is 32.2 Å². The normalized spacial score (nSPS) is 12.2. The van der Waals surface area contributed by atoms with Crippen LogP contribution in [0, 0.1) is 12.7 Å². The van der Waals surface area contributed by atoms with Crippen molar-refractivity contribution >= 4 is 15.9 Å². The Kier molecular flexibility index (Phi) is 5.37. The van der Waals surface area contributed by atoms with Crippen LogP contribution in [-0.4, -0.2) is 7.05 Å². The number of aryl methyl sites for hydroxylation is 1. The summed E-state index contributed by atoms with van der Waals surface area (Å²) in [5.41, 5.74) is 3.09. The Labute approximate surface area is 133 Å². The minimum absolute atomic E-state index is 0.266. The number of hydrogen-bond donors (Lipinski definition) is 1. The molecule has 1 atom stereocenters. The summed E-state index contributed by atoms with van der Waals surface area (Å²) >= 11 is 3.28. The van der Waals surface area contributed by atoms with Crippen LogP contribution in [0.4, 0.5) is 4.39 Å². The Morgan fingerprint density at radius 1 is 1.24 bits per heavy atom. The van der Waals surface area contributed by atoms with Gasteiger partial charge >= 0.3 is 0 Å². The van der Waals surface area contributed by atoms with Crippen LogP contribution in [-0.2, 0) is 6.61 Å². The van der Waals surface area contributed by atoms with Crippen LogP contribution in [0.15, 0.2) is 40.9 Å². The predicted octanol–water partition coefficient (Wildman–Crippen LogP) is 4.76. The van der Waals surface area contributed by atoms with Crippen molar-refractivity contribution in [3.05, 3.63) is 63.4 Å². The van der Waals surface area contributed by atoms with E-state index < -0.39 is 0 Å². The largest absolute Gasteiger partial charge is 0.489 e. The average Bonchev–Trinajstić information content (AvgIpc) is 2.44. The molecule has 112 valence electrons. The first kappa shape index (κ1) is 16.0. The van der Waals surface area contributed by atoms with E-state index in [2.05, 4.69) is 34.2 Å². The molecule has 21 heavy (non-hydrogen) atoms. The molecule has 2 nitrogen and oxygen atoms in total. The predicted molar refractivity (Wildman–Crippen MR) is 87.1 cm³/mol. The number of hydrogen-bond acceptors (Lipinski definition) is 2. The van der Waals surface area contributed by atoms with E-state index in [0.29, 0.717) is 12.6 Å². The molecule has 2 rings (SSSR count). The second-order valence-corrected chi connectivity index (χ2v) is 6.02. The molecule has 1 unspecified atom stereocenters. The van der Waals surface area contributed by atoms with Gasteiger partial charge in [0.1, 0.15) is 18.2 Å². The molecule has 0 spiro atoms. The fourth-order valence-electron chi connectivity index (χ4n) is 2.13. The van der Waals surface area contributed by atoms with Crippen LogP contribution in [0.3, 0.4) is 0 Å². The van der Waals surface area contributed by atoms with Crippen molar-refractivity contribution < 1.29 is 9.13 Å². The van der Waals surface area contributed by atoms with Gasteiger partial charge in [-0.05, 0) is 61.9 Å². The molecule has 0 radical (unpaired) electrons. The molecule has 0 aromatic heterocycles. The van der Waals surface area contributed by atoms with Gasteiger partial charge in [-0.25, -0.2) is 4.39 Å².